The van der Waals surface area contributed by atoms with Crippen molar-refractivity contribution in [3.63, 3.8) is 0 Å². The minimum absolute atomic E-state index is 0.767. The van der Waals surface area contributed by atoms with Crippen LogP contribution in [0.5, 0.6) is 0 Å². The molecule has 3 rings (SSSR count). The van der Waals surface area contributed by atoms with E-state index in [0.717, 1.165) is 34.3 Å². The number of aromatic nitrogens is 3. The smallest absolute Gasteiger partial charge is 0.0871 e. The maximum absolute atomic E-state index is 5.71. The lowest BCUT2D eigenvalue weighted by Gasteiger charge is -2.04. The second-order valence-electron chi connectivity index (χ2n) is 4.20. The maximum Gasteiger partial charge on any atom is 0.0871 e. The largest absolute Gasteiger partial charge is 0.399 e. The number of hydrogen-bond acceptors (Lipinski definition) is 3. The van der Waals surface area contributed by atoms with Gasteiger partial charge in [0.15, 0.2) is 0 Å². The van der Waals surface area contributed by atoms with Gasteiger partial charge < -0.3 is 5.73 Å². The first-order chi connectivity index (χ1) is 8.79. The number of nitrogens with two attached hydrogens (primary N) is 1. The normalized spacial score (nSPS) is 10.9. The average molecular weight is 238 g/mol. The highest BCUT2D eigenvalue weighted by Crippen LogP contribution is 2.27. The standard InChI is InChI=1S/C14H14N4/c1-2-18-14-9-16-7-12(13(14)8-17-18)10-3-5-11(15)6-4-10/h3-9H,2,15H2,1H3. The Bertz CT molecular complexity index is 683. The summed E-state index contributed by atoms with van der Waals surface area (Å²) in [5, 5.41) is 5.49. The molecule has 4 nitrogen and oxygen atoms in total. The van der Waals surface area contributed by atoms with Gasteiger partial charge in [-0.1, -0.05) is 12.1 Å². The lowest BCUT2D eigenvalue weighted by atomic mass is 10.0. The third kappa shape index (κ3) is 1.62. The van der Waals surface area contributed by atoms with Crippen LogP contribution in [0.4, 0.5) is 5.69 Å². The van der Waals surface area contributed by atoms with Crippen molar-refractivity contribution >= 4 is 16.6 Å². The molecule has 0 spiro atoms. The van der Waals surface area contributed by atoms with E-state index >= 15 is 0 Å². The fourth-order valence-corrected chi connectivity index (χ4v) is 2.14. The summed E-state index contributed by atoms with van der Waals surface area (Å²) in [5.41, 5.74) is 9.74. The van der Waals surface area contributed by atoms with E-state index in [-0.39, 0.29) is 0 Å². The van der Waals surface area contributed by atoms with Gasteiger partial charge in [0.2, 0.25) is 0 Å². The highest BCUT2D eigenvalue weighted by atomic mass is 15.3. The summed E-state index contributed by atoms with van der Waals surface area (Å²) in [7, 11) is 0. The Morgan fingerprint density at radius 2 is 1.89 bits per heavy atom. The molecule has 0 fully saturated rings. The molecule has 2 aromatic heterocycles. The topological polar surface area (TPSA) is 56.7 Å². The number of nitrogen functional groups attached to an aromatic ring is 1. The Morgan fingerprint density at radius 3 is 2.61 bits per heavy atom. The fourth-order valence-electron chi connectivity index (χ4n) is 2.14. The molecule has 0 aliphatic rings. The molecule has 0 atom stereocenters. The van der Waals surface area contributed by atoms with Gasteiger partial charge in [-0.15, -0.1) is 0 Å². The van der Waals surface area contributed by atoms with E-state index in [2.05, 4.69) is 17.0 Å². The maximum atomic E-state index is 5.71. The van der Waals surface area contributed by atoms with Crippen LogP contribution in [0.25, 0.3) is 22.0 Å². The summed E-state index contributed by atoms with van der Waals surface area (Å²) < 4.78 is 1.95. The van der Waals surface area contributed by atoms with E-state index in [1.54, 1.807) is 0 Å². The molecule has 0 aliphatic carbocycles. The molecule has 3 aromatic rings. The number of aryl methyl sites for hydroxylation is 1. The Labute approximate surface area is 105 Å². The van der Waals surface area contributed by atoms with Gasteiger partial charge >= 0.3 is 0 Å². The van der Waals surface area contributed by atoms with Crippen molar-refractivity contribution in [3.05, 3.63) is 42.9 Å². The predicted molar refractivity (Wildman–Crippen MR) is 73.1 cm³/mol. The van der Waals surface area contributed by atoms with Crippen LogP contribution in [-0.4, -0.2) is 14.8 Å². The first-order valence-electron chi connectivity index (χ1n) is 5.95. The van der Waals surface area contributed by atoms with Gasteiger partial charge in [0, 0.05) is 29.4 Å². The number of nitrogens with zero attached hydrogens (tertiary/aromatic N) is 3. The molecule has 0 aliphatic heterocycles. The van der Waals surface area contributed by atoms with Crippen LogP contribution in [0.3, 0.4) is 0 Å². The number of rotatable bonds is 2. The average Bonchev–Trinajstić information content (AvgIpc) is 2.82. The number of benzene rings is 1. The molecule has 0 saturated heterocycles. The van der Waals surface area contributed by atoms with Gasteiger partial charge in [-0.2, -0.15) is 5.10 Å². The minimum Gasteiger partial charge on any atom is -0.399 e. The SMILES string of the molecule is CCn1ncc2c(-c3ccc(N)cc3)cncc21. The molecule has 0 saturated carbocycles. The van der Waals surface area contributed by atoms with Gasteiger partial charge in [0.25, 0.3) is 0 Å². The van der Waals surface area contributed by atoms with Crippen molar-refractivity contribution in [1.29, 1.82) is 0 Å². The summed E-state index contributed by atoms with van der Waals surface area (Å²) in [5.74, 6) is 0. The quantitative estimate of drug-likeness (QED) is 0.698. The zero-order chi connectivity index (χ0) is 12.5. The second-order valence-corrected chi connectivity index (χ2v) is 4.20. The first-order valence-corrected chi connectivity index (χ1v) is 5.95. The summed E-state index contributed by atoms with van der Waals surface area (Å²) in [6.07, 6.45) is 5.62. The van der Waals surface area contributed by atoms with Crippen molar-refractivity contribution in [2.24, 2.45) is 0 Å². The van der Waals surface area contributed by atoms with E-state index in [1.807, 2.05) is 47.5 Å². The number of pyridine rings is 1. The summed E-state index contributed by atoms with van der Waals surface area (Å²) in [6, 6.07) is 7.82. The van der Waals surface area contributed by atoms with Gasteiger partial charge in [-0.3, -0.25) is 9.67 Å². The van der Waals surface area contributed by atoms with Crippen LogP contribution in [0, 0.1) is 0 Å². The second kappa shape index (κ2) is 4.14. The Balaban J connectivity index is 2.23. The van der Waals surface area contributed by atoms with E-state index in [0.29, 0.717) is 0 Å². The van der Waals surface area contributed by atoms with Gasteiger partial charge in [0.1, 0.15) is 0 Å². The molecule has 4 heteroatoms. The summed E-state index contributed by atoms with van der Waals surface area (Å²) >= 11 is 0. The molecule has 0 unspecified atom stereocenters. The third-order valence-electron chi connectivity index (χ3n) is 3.09. The van der Waals surface area contributed by atoms with E-state index in [1.165, 1.54) is 0 Å². The van der Waals surface area contributed by atoms with E-state index in [9.17, 15) is 0 Å². The Hall–Kier alpha value is -2.36. The molecule has 18 heavy (non-hydrogen) atoms. The molecule has 0 radical (unpaired) electrons. The molecule has 0 bridgehead atoms. The lowest BCUT2D eigenvalue weighted by Crippen LogP contribution is -1.95. The van der Waals surface area contributed by atoms with Crippen LogP contribution in [-0.2, 0) is 6.54 Å². The highest BCUT2D eigenvalue weighted by Gasteiger charge is 2.08. The van der Waals surface area contributed by atoms with Crippen LogP contribution >= 0.6 is 0 Å². The molecular weight excluding hydrogens is 224 g/mol. The number of anilines is 1. The van der Waals surface area contributed by atoms with Crippen LogP contribution < -0.4 is 5.73 Å². The van der Waals surface area contributed by atoms with Crippen molar-refractivity contribution < 1.29 is 0 Å². The van der Waals surface area contributed by atoms with Crippen LogP contribution in [0.2, 0.25) is 0 Å². The van der Waals surface area contributed by atoms with Crippen molar-refractivity contribution in [2.75, 3.05) is 5.73 Å². The molecule has 90 valence electrons. The number of hydrogen-bond donors (Lipinski definition) is 1. The van der Waals surface area contributed by atoms with Crippen molar-refractivity contribution in [2.45, 2.75) is 13.5 Å². The molecule has 2 N–H and O–H groups in total. The highest BCUT2D eigenvalue weighted by molar-refractivity contribution is 5.93. The zero-order valence-corrected chi connectivity index (χ0v) is 10.2. The van der Waals surface area contributed by atoms with Gasteiger partial charge in [-0.05, 0) is 24.6 Å². The first kappa shape index (κ1) is 10.8. The van der Waals surface area contributed by atoms with E-state index < -0.39 is 0 Å². The third-order valence-corrected chi connectivity index (χ3v) is 3.09. The van der Waals surface area contributed by atoms with Crippen molar-refractivity contribution in [1.82, 2.24) is 14.8 Å². The Kier molecular flexibility index (Phi) is 2.48. The summed E-state index contributed by atoms with van der Waals surface area (Å²) in [4.78, 5) is 4.30. The molecule has 2 heterocycles. The number of fused-ring (bicyclic) bond motifs is 1. The lowest BCUT2D eigenvalue weighted by molar-refractivity contribution is 0.683. The molecular formula is C14H14N4. The van der Waals surface area contributed by atoms with Gasteiger partial charge in [-0.25, -0.2) is 0 Å². The molecule has 0 amide bonds. The fraction of sp³-hybridized carbons (Fsp3) is 0.143. The van der Waals surface area contributed by atoms with E-state index in [4.69, 9.17) is 5.73 Å². The summed E-state index contributed by atoms with van der Waals surface area (Å²) in [6.45, 7) is 2.92. The molecule has 1 aromatic carbocycles. The predicted octanol–water partition coefficient (Wildman–Crippen LogP) is 2.70. The zero-order valence-electron chi connectivity index (χ0n) is 10.2. The van der Waals surface area contributed by atoms with Crippen molar-refractivity contribution in [3.8, 4) is 11.1 Å². The monoisotopic (exact) mass is 238 g/mol. The Morgan fingerprint density at radius 1 is 1.11 bits per heavy atom. The van der Waals surface area contributed by atoms with Crippen LogP contribution in [0.15, 0.2) is 42.9 Å². The van der Waals surface area contributed by atoms with Crippen LogP contribution in [0.1, 0.15) is 6.92 Å². The van der Waals surface area contributed by atoms with Gasteiger partial charge in [0.05, 0.1) is 17.9 Å². The minimum atomic E-state index is 0.767.